The lowest BCUT2D eigenvalue weighted by atomic mass is 9.99. The standard InChI is InChI=1S/C23H20F3N5O/c24-23(25,26)17-4-2-1-3-16(17)21(32)14-11-20(28-13-14)22-29-18-6-5-15(12-19(18)30-22)31-9-7-27-8-10-31/h1-6,11-13,27-28H,7-10H2,(H,29,30). The van der Waals surface area contributed by atoms with E-state index in [-0.39, 0.29) is 11.1 Å². The first kappa shape index (κ1) is 20.3. The van der Waals surface area contributed by atoms with E-state index in [2.05, 4.69) is 25.2 Å². The second-order valence-electron chi connectivity index (χ2n) is 7.70. The number of carbonyl (C=O) groups excluding carboxylic acids is 1. The molecular formula is C23H20F3N5O. The normalized spacial score (nSPS) is 14.8. The number of alkyl halides is 3. The Morgan fingerprint density at radius 2 is 1.81 bits per heavy atom. The number of piperazine rings is 1. The van der Waals surface area contributed by atoms with Crippen molar-refractivity contribution in [3.8, 4) is 11.5 Å². The van der Waals surface area contributed by atoms with Gasteiger partial charge in [0.2, 0.25) is 0 Å². The molecule has 9 heteroatoms. The van der Waals surface area contributed by atoms with Gasteiger partial charge in [-0.25, -0.2) is 4.98 Å². The molecule has 1 saturated heterocycles. The van der Waals surface area contributed by atoms with Crippen molar-refractivity contribution in [2.45, 2.75) is 6.18 Å². The summed E-state index contributed by atoms with van der Waals surface area (Å²) in [5.74, 6) is -0.182. The van der Waals surface area contributed by atoms with E-state index < -0.39 is 17.5 Å². The van der Waals surface area contributed by atoms with Crippen LogP contribution >= 0.6 is 0 Å². The Kier molecular flexibility index (Phi) is 4.97. The molecule has 1 fully saturated rings. The molecule has 0 radical (unpaired) electrons. The largest absolute Gasteiger partial charge is 0.417 e. The van der Waals surface area contributed by atoms with Crippen molar-refractivity contribution >= 4 is 22.5 Å². The Hall–Kier alpha value is -3.59. The zero-order valence-corrected chi connectivity index (χ0v) is 17.0. The summed E-state index contributed by atoms with van der Waals surface area (Å²) < 4.78 is 39.9. The monoisotopic (exact) mass is 439 g/mol. The third-order valence-electron chi connectivity index (χ3n) is 5.63. The Morgan fingerprint density at radius 1 is 1.03 bits per heavy atom. The van der Waals surface area contributed by atoms with Crippen LogP contribution in [0.5, 0.6) is 0 Å². The molecule has 2 aromatic heterocycles. The quantitative estimate of drug-likeness (QED) is 0.416. The molecule has 0 unspecified atom stereocenters. The number of aromatic amines is 2. The number of carbonyl (C=O) groups is 1. The van der Waals surface area contributed by atoms with Gasteiger partial charge in [-0.3, -0.25) is 4.79 Å². The highest BCUT2D eigenvalue weighted by molar-refractivity contribution is 6.10. The van der Waals surface area contributed by atoms with Crippen LogP contribution < -0.4 is 10.2 Å². The van der Waals surface area contributed by atoms with Crippen molar-refractivity contribution in [2.24, 2.45) is 0 Å². The fraction of sp³-hybridized carbons (Fsp3) is 0.217. The number of aromatic nitrogens is 3. The number of fused-ring (bicyclic) bond motifs is 1. The van der Waals surface area contributed by atoms with Gasteiger partial charge in [0.15, 0.2) is 11.6 Å². The number of imidazole rings is 1. The number of H-pyrrole nitrogens is 2. The average molecular weight is 439 g/mol. The van der Waals surface area contributed by atoms with E-state index in [0.717, 1.165) is 49.0 Å². The number of anilines is 1. The summed E-state index contributed by atoms with van der Waals surface area (Å²) in [5, 5.41) is 3.33. The predicted molar refractivity (Wildman–Crippen MR) is 116 cm³/mol. The van der Waals surface area contributed by atoms with Gasteiger partial charge in [0.25, 0.3) is 0 Å². The molecule has 4 aromatic rings. The highest BCUT2D eigenvalue weighted by Gasteiger charge is 2.35. The van der Waals surface area contributed by atoms with Crippen LogP contribution in [0.3, 0.4) is 0 Å². The molecule has 0 saturated carbocycles. The van der Waals surface area contributed by atoms with Crippen molar-refractivity contribution in [1.29, 1.82) is 0 Å². The summed E-state index contributed by atoms with van der Waals surface area (Å²) in [6.45, 7) is 3.72. The highest BCUT2D eigenvalue weighted by atomic mass is 19.4. The van der Waals surface area contributed by atoms with Gasteiger partial charge in [-0.15, -0.1) is 0 Å². The minimum absolute atomic E-state index is 0.138. The summed E-state index contributed by atoms with van der Waals surface area (Å²) in [6, 6.07) is 12.3. The summed E-state index contributed by atoms with van der Waals surface area (Å²) in [5.41, 5.74) is 2.05. The summed E-state index contributed by atoms with van der Waals surface area (Å²) in [6.07, 6.45) is -3.20. The van der Waals surface area contributed by atoms with Crippen molar-refractivity contribution < 1.29 is 18.0 Å². The van der Waals surface area contributed by atoms with Crippen molar-refractivity contribution in [1.82, 2.24) is 20.3 Å². The second-order valence-corrected chi connectivity index (χ2v) is 7.70. The van der Waals surface area contributed by atoms with E-state index in [0.29, 0.717) is 11.5 Å². The van der Waals surface area contributed by atoms with Gasteiger partial charge in [-0.05, 0) is 30.3 Å². The van der Waals surface area contributed by atoms with Gasteiger partial charge in [0, 0.05) is 49.2 Å². The van der Waals surface area contributed by atoms with E-state index in [1.807, 2.05) is 18.2 Å². The van der Waals surface area contributed by atoms with Crippen LogP contribution in [-0.2, 0) is 6.18 Å². The first-order chi connectivity index (χ1) is 15.4. The van der Waals surface area contributed by atoms with Crippen LogP contribution in [0.4, 0.5) is 18.9 Å². The van der Waals surface area contributed by atoms with Gasteiger partial charge >= 0.3 is 6.18 Å². The van der Waals surface area contributed by atoms with Crippen LogP contribution in [0, 0.1) is 0 Å². The first-order valence-electron chi connectivity index (χ1n) is 10.3. The van der Waals surface area contributed by atoms with Gasteiger partial charge in [0.1, 0.15) is 0 Å². The van der Waals surface area contributed by atoms with Gasteiger partial charge < -0.3 is 20.2 Å². The molecule has 1 aliphatic rings. The summed E-state index contributed by atoms with van der Waals surface area (Å²) in [7, 11) is 0. The third kappa shape index (κ3) is 3.75. The van der Waals surface area contributed by atoms with Crippen LogP contribution in [0.2, 0.25) is 0 Å². The SMILES string of the molecule is O=C(c1c[nH]c(-c2nc3ccc(N4CCNCC4)cc3[nH]2)c1)c1ccccc1C(F)(F)F. The van der Waals surface area contributed by atoms with Crippen LogP contribution in [-0.4, -0.2) is 46.9 Å². The Morgan fingerprint density at radius 3 is 2.59 bits per heavy atom. The molecule has 2 aromatic carbocycles. The fourth-order valence-electron chi connectivity index (χ4n) is 3.99. The number of hydrogen-bond donors (Lipinski definition) is 3. The number of hydrogen-bond acceptors (Lipinski definition) is 4. The van der Waals surface area contributed by atoms with Crippen LogP contribution in [0.15, 0.2) is 54.7 Å². The lowest BCUT2D eigenvalue weighted by Crippen LogP contribution is -2.43. The maximum Gasteiger partial charge on any atom is 0.417 e. The van der Waals surface area contributed by atoms with E-state index >= 15 is 0 Å². The maximum atomic E-state index is 13.3. The number of rotatable bonds is 4. The van der Waals surface area contributed by atoms with E-state index in [4.69, 9.17) is 0 Å². The molecule has 0 aliphatic carbocycles. The fourth-order valence-corrected chi connectivity index (χ4v) is 3.99. The molecule has 3 N–H and O–H groups in total. The van der Waals surface area contributed by atoms with Crippen LogP contribution in [0.25, 0.3) is 22.6 Å². The molecular weight excluding hydrogens is 419 g/mol. The molecule has 3 heterocycles. The minimum atomic E-state index is -4.60. The lowest BCUT2D eigenvalue weighted by molar-refractivity contribution is -0.137. The van der Waals surface area contributed by atoms with Crippen LogP contribution in [0.1, 0.15) is 21.5 Å². The zero-order chi connectivity index (χ0) is 22.3. The Balaban J connectivity index is 1.44. The molecule has 0 bridgehead atoms. The summed E-state index contributed by atoms with van der Waals surface area (Å²) >= 11 is 0. The molecule has 0 amide bonds. The number of halogens is 3. The van der Waals surface area contributed by atoms with Crippen molar-refractivity contribution in [3.05, 3.63) is 71.4 Å². The Bertz CT molecular complexity index is 1280. The topological polar surface area (TPSA) is 76.8 Å². The molecule has 164 valence electrons. The maximum absolute atomic E-state index is 13.3. The van der Waals surface area contributed by atoms with E-state index in [1.54, 1.807) is 0 Å². The third-order valence-corrected chi connectivity index (χ3v) is 5.63. The van der Waals surface area contributed by atoms with Gasteiger partial charge in [-0.2, -0.15) is 13.2 Å². The smallest absolute Gasteiger partial charge is 0.369 e. The van der Waals surface area contributed by atoms with E-state index in [1.165, 1.54) is 30.5 Å². The predicted octanol–water partition coefficient (Wildman–Crippen LogP) is 4.22. The van der Waals surface area contributed by atoms with Gasteiger partial charge in [0.05, 0.1) is 22.3 Å². The molecule has 5 rings (SSSR count). The van der Waals surface area contributed by atoms with E-state index in [9.17, 15) is 18.0 Å². The van der Waals surface area contributed by atoms with Gasteiger partial charge in [-0.1, -0.05) is 18.2 Å². The zero-order valence-electron chi connectivity index (χ0n) is 17.0. The lowest BCUT2D eigenvalue weighted by Gasteiger charge is -2.29. The first-order valence-corrected chi connectivity index (χ1v) is 10.3. The summed E-state index contributed by atoms with van der Waals surface area (Å²) in [4.78, 5) is 25.8. The van der Waals surface area contributed by atoms with Crippen molar-refractivity contribution in [3.63, 3.8) is 0 Å². The molecule has 0 atom stereocenters. The number of ketones is 1. The number of nitrogens with one attached hydrogen (secondary N) is 3. The highest BCUT2D eigenvalue weighted by Crippen LogP contribution is 2.33. The van der Waals surface area contributed by atoms with Crippen molar-refractivity contribution in [2.75, 3.05) is 31.1 Å². The number of benzene rings is 2. The molecule has 32 heavy (non-hydrogen) atoms. The molecule has 1 aliphatic heterocycles. The minimum Gasteiger partial charge on any atom is -0.369 e. The molecule has 0 spiro atoms. The Labute approximate surface area is 181 Å². The second kappa shape index (κ2) is 7.83. The molecule has 6 nitrogen and oxygen atoms in total. The number of nitrogens with zero attached hydrogens (tertiary/aromatic N) is 2. The average Bonchev–Trinajstić information content (AvgIpc) is 3.45.